The molecule has 0 aliphatic rings. The number of aliphatic hydroxyl groups is 1. The zero-order valence-electron chi connectivity index (χ0n) is 9.55. The largest absolute Gasteiger partial charge is 0.387 e. The van der Waals surface area contributed by atoms with Crippen LogP contribution in [-0.4, -0.2) is 19.9 Å². The van der Waals surface area contributed by atoms with E-state index in [-0.39, 0.29) is 0 Å². The van der Waals surface area contributed by atoms with Crippen molar-refractivity contribution in [1.29, 1.82) is 0 Å². The lowest BCUT2D eigenvalue weighted by Crippen LogP contribution is -2.02. The molecule has 0 radical (unpaired) electrons. The Balaban J connectivity index is 1.98. The summed E-state index contributed by atoms with van der Waals surface area (Å²) in [5.74, 6) is 0. The molecular formula is C12H14BrN3O. The van der Waals surface area contributed by atoms with Crippen molar-refractivity contribution in [2.24, 2.45) is 7.05 Å². The number of rotatable bonds is 4. The smallest absolute Gasteiger partial charge is 0.0974 e. The molecule has 0 saturated carbocycles. The highest BCUT2D eigenvalue weighted by Gasteiger charge is 2.12. The Kier molecular flexibility index (Phi) is 3.91. The van der Waals surface area contributed by atoms with Crippen LogP contribution in [0.4, 0.5) is 0 Å². The molecule has 17 heavy (non-hydrogen) atoms. The second kappa shape index (κ2) is 5.42. The molecule has 0 aromatic carbocycles. The van der Waals surface area contributed by atoms with Crippen molar-refractivity contribution in [2.45, 2.75) is 18.9 Å². The van der Waals surface area contributed by atoms with Crippen molar-refractivity contribution >= 4 is 15.9 Å². The van der Waals surface area contributed by atoms with Crippen LogP contribution in [-0.2, 0) is 13.5 Å². The van der Waals surface area contributed by atoms with E-state index >= 15 is 0 Å². The van der Waals surface area contributed by atoms with Crippen LogP contribution in [0.5, 0.6) is 0 Å². The summed E-state index contributed by atoms with van der Waals surface area (Å²) in [7, 11) is 1.88. The summed E-state index contributed by atoms with van der Waals surface area (Å²) in [6, 6.07) is 3.72. The van der Waals surface area contributed by atoms with Gasteiger partial charge in [0.2, 0.25) is 0 Å². The summed E-state index contributed by atoms with van der Waals surface area (Å²) in [4.78, 5) is 4.18. The monoisotopic (exact) mass is 295 g/mol. The van der Waals surface area contributed by atoms with Crippen LogP contribution in [0.2, 0.25) is 0 Å². The molecule has 2 aromatic rings. The maximum Gasteiger partial charge on any atom is 0.0974 e. The van der Waals surface area contributed by atoms with Crippen LogP contribution in [0.15, 0.2) is 35.2 Å². The summed E-state index contributed by atoms with van der Waals surface area (Å²) in [6.45, 7) is 0. The molecule has 0 aliphatic carbocycles. The van der Waals surface area contributed by atoms with E-state index in [1.54, 1.807) is 10.9 Å². The Bertz CT molecular complexity index is 498. The molecule has 90 valence electrons. The lowest BCUT2D eigenvalue weighted by molar-refractivity contribution is 0.162. The fourth-order valence-corrected chi connectivity index (χ4v) is 2.20. The molecule has 5 heteroatoms. The molecule has 0 fully saturated rings. The van der Waals surface area contributed by atoms with Gasteiger partial charge in [-0.15, -0.1) is 0 Å². The van der Waals surface area contributed by atoms with Crippen molar-refractivity contribution < 1.29 is 5.11 Å². The molecule has 2 aromatic heterocycles. The highest BCUT2D eigenvalue weighted by atomic mass is 79.9. The second-order valence-corrected chi connectivity index (χ2v) is 4.80. The average Bonchev–Trinajstić information content (AvgIpc) is 2.73. The number of aliphatic hydroxyl groups excluding tert-OH is 1. The number of halogens is 1. The first kappa shape index (κ1) is 12.3. The van der Waals surface area contributed by atoms with Gasteiger partial charge in [-0.1, -0.05) is 0 Å². The van der Waals surface area contributed by atoms with Gasteiger partial charge in [-0.3, -0.25) is 9.67 Å². The maximum absolute atomic E-state index is 10.0. The van der Waals surface area contributed by atoms with E-state index in [1.165, 1.54) is 0 Å². The van der Waals surface area contributed by atoms with E-state index in [4.69, 9.17) is 0 Å². The van der Waals surface area contributed by atoms with E-state index in [1.807, 2.05) is 31.6 Å². The maximum atomic E-state index is 10.0. The number of hydrogen-bond acceptors (Lipinski definition) is 3. The van der Waals surface area contributed by atoms with Gasteiger partial charge < -0.3 is 5.11 Å². The normalized spacial score (nSPS) is 12.6. The van der Waals surface area contributed by atoms with Crippen LogP contribution < -0.4 is 0 Å². The Morgan fingerprint density at radius 3 is 3.00 bits per heavy atom. The lowest BCUT2D eigenvalue weighted by atomic mass is 10.1. The number of aromatic nitrogens is 3. The molecule has 1 N–H and O–H groups in total. The molecular weight excluding hydrogens is 282 g/mol. The van der Waals surface area contributed by atoms with Gasteiger partial charge in [0, 0.05) is 23.9 Å². The first-order chi connectivity index (χ1) is 8.16. The first-order valence-electron chi connectivity index (χ1n) is 5.43. The molecule has 4 nitrogen and oxygen atoms in total. The van der Waals surface area contributed by atoms with Crippen molar-refractivity contribution in [1.82, 2.24) is 14.8 Å². The third-order valence-electron chi connectivity index (χ3n) is 2.57. The number of hydrogen-bond donors (Lipinski definition) is 1. The van der Waals surface area contributed by atoms with Crippen LogP contribution in [0, 0.1) is 0 Å². The molecule has 0 spiro atoms. The van der Waals surface area contributed by atoms with E-state index < -0.39 is 6.10 Å². The van der Waals surface area contributed by atoms with Gasteiger partial charge >= 0.3 is 0 Å². The standard InChI is InChI=1S/C12H14BrN3O/c1-16-8-9(7-15-16)4-5-11(17)12-10(13)3-2-6-14-12/h2-3,6-8,11,17H,4-5H2,1H3. The van der Waals surface area contributed by atoms with Crippen molar-refractivity contribution in [3.8, 4) is 0 Å². The molecule has 0 amide bonds. The third kappa shape index (κ3) is 3.14. The quantitative estimate of drug-likeness (QED) is 0.941. The third-order valence-corrected chi connectivity index (χ3v) is 3.24. The first-order valence-corrected chi connectivity index (χ1v) is 6.22. The minimum Gasteiger partial charge on any atom is -0.387 e. The summed E-state index contributed by atoms with van der Waals surface area (Å²) >= 11 is 3.39. The van der Waals surface area contributed by atoms with E-state index in [0.29, 0.717) is 12.1 Å². The summed E-state index contributed by atoms with van der Waals surface area (Å²) in [5, 5.41) is 14.1. The van der Waals surface area contributed by atoms with E-state index in [9.17, 15) is 5.11 Å². The van der Waals surface area contributed by atoms with Gasteiger partial charge in [-0.2, -0.15) is 5.10 Å². The number of pyridine rings is 1. The Hall–Kier alpha value is -1.20. The highest BCUT2D eigenvalue weighted by molar-refractivity contribution is 9.10. The minimum atomic E-state index is -0.550. The zero-order chi connectivity index (χ0) is 12.3. The molecule has 0 aliphatic heterocycles. The van der Waals surface area contributed by atoms with Crippen LogP contribution in [0.1, 0.15) is 23.8 Å². The van der Waals surface area contributed by atoms with Gasteiger partial charge in [-0.05, 0) is 46.5 Å². The Labute approximate surface area is 108 Å². The van der Waals surface area contributed by atoms with E-state index in [2.05, 4.69) is 26.0 Å². The van der Waals surface area contributed by atoms with Gasteiger partial charge in [0.15, 0.2) is 0 Å². The molecule has 0 bridgehead atoms. The fourth-order valence-electron chi connectivity index (χ4n) is 1.68. The summed E-state index contributed by atoms with van der Waals surface area (Å²) < 4.78 is 2.61. The van der Waals surface area contributed by atoms with Gasteiger partial charge in [0.05, 0.1) is 18.0 Å². The highest BCUT2D eigenvalue weighted by Crippen LogP contribution is 2.24. The Morgan fingerprint density at radius 2 is 2.35 bits per heavy atom. The van der Waals surface area contributed by atoms with Crippen molar-refractivity contribution in [3.63, 3.8) is 0 Å². The summed E-state index contributed by atoms with van der Waals surface area (Å²) in [6.07, 6.45) is 6.35. The van der Waals surface area contributed by atoms with Crippen molar-refractivity contribution in [3.05, 3.63) is 46.5 Å². The van der Waals surface area contributed by atoms with Crippen LogP contribution >= 0.6 is 15.9 Å². The molecule has 2 heterocycles. The SMILES string of the molecule is Cn1cc(CCC(O)c2ncccc2Br)cn1. The van der Waals surface area contributed by atoms with Crippen molar-refractivity contribution in [2.75, 3.05) is 0 Å². The zero-order valence-corrected chi connectivity index (χ0v) is 11.1. The topological polar surface area (TPSA) is 50.9 Å². The van der Waals surface area contributed by atoms with Crippen LogP contribution in [0.25, 0.3) is 0 Å². The van der Waals surface area contributed by atoms with Gasteiger partial charge in [0.1, 0.15) is 0 Å². The van der Waals surface area contributed by atoms with Gasteiger partial charge in [-0.25, -0.2) is 0 Å². The molecule has 2 rings (SSSR count). The second-order valence-electron chi connectivity index (χ2n) is 3.95. The predicted molar refractivity (Wildman–Crippen MR) is 68.4 cm³/mol. The predicted octanol–water partition coefficient (Wildman–Crippen LogP) is 2.24. The lowest BCUT2D eigenvalue weighted by Gasteiger charge is -2.10. The molecule has 0 saturated heterocycles. The van der Waals surface area contributed by atoms with E-state index in [0.717, 1.165) is 16.5 Å². The average molecular weight is 296 g/mol. The molecule has 1 atom stereocenters. The minimum absolute atomic E-state index is 0.550. The Morgan fingerprint density at radius 1 is 1.53 bits per heavy atom. The fraction of sp³-hybridized carbons (Fsp3) is 0.333. The van der Waals surface area contributed by atoms with Gasteiger partial charge in [0.25, 0.3) is 0 Å². The molecule has 1 unspecified atom stereocenters. The number of aryl methyl sites for hydroxylation is 2. The number of nitrogens with zero attached hydrogens (tertiary/aromatic N) is 3. The summed E-state index contributed by atoms with van der Waals surface area (Å²) in [5.41, 5.74) is 1.81. The van der Waals surface area contributed by atoms with Crippen LogP contribution in [0.3, 0.4) is 0 Å².